The van der Waals surface area contributed by atoms with Crippen LogP contribution in [0.25, 0.3) is 11.0 Å². The first-order chi connectivity index (χ1) is 16.5. The molecule has 0 radical (unpaired) electrons. The molecule has 1 heterocycles. The fourth-order valence-electron chi connectivity index (χ4n) is 4.21. The molecular formula is C28H31N3O3. The second-order valence-corrected chi connectivity index (χ2v) is 8.40. The molecule has 0 aliphatic rings. The van der Waals surface area contributed by atoms with E-state index in [1.165, 1.54) is 11.1 Å². The third-order valence-corrected chi connectivity index (χ3v) is 5.71. The molecule has 0 atom stereocenters. The van der Waals surface area contributed by atoms with Crippen LogP contribution in [0.15, 0.2) is 66.7 Å². The van der Waals surface area contributed by atoms with Crippen molar-refractivity contribution in [1.29, 1.82) is 0 Å². The van der Waals surface area contributed by atoms with Gasteiger partial charge in [0.2, 0.25) is 0 Å². The SMILES string of the molecule is COc1ccccc1C(=O)NCCc1nc2ccccc2n1CCCOc1cc(C)cc(C)c1. The van der Waals surface area contributed by atoms with Crippen molar-refractivity contribution in [3.63, 3.8) is 0 Å². The highest BCUT2D eigenvalue weighted by molar-refractivity contribution is 5.96. The van der Waals surface area contributed by atoms with Gasteiger partial charge in [-0.3, -0.25) is 4.79 Å². The minimum atomic E-state index is -0.151. The lowest BCUT2D eigenvalue weighted by atomic mass is 10.1. The molecule has 3 aromatic carbocycles. The molecule has 176 valence electrons. The Hall–Kier alpha value is -3.80. The van der Waals surface area contributed by atoms with Crippen LogP contribution in [0.3, 0.4) is 0 Å². The number of hydrogen-bond acceptors (Lipinski definition) is 4. The van der Waals surface area contributed by atoms with Crippen LogP contribution in [-0.2, 0) is 13.0 Å². The third-order valence-electron chi connectivity index (χ3n) is 5.71. The molecule has 34 heavy (non-hydrogen) atoms. The van der Waals surface area contributed by atoms with Gasteiger partial charge in [-0.15, -0.1) is 0 Å². The average Bonchev–Trinajstić information content (AvgIpc) is 3.18. The van der Waals surface area contributed by atoms with Crippen LogP contribution in [0.2, 0.25) is 0 Å². The number of imidazole rings is 1. The first kappa shape index (κ1) is 23.4. The Morgan fingerprint density at radius 1 is 1.00 bits per heavy atom. The Morgan fingerprint density at radius 3 is 2.53 bits per heavy atom. The number of nitrogens with zero attached hydrogens (tertiary/aromatic N) is 2. The normalized spacial score (nSPS) is 10.9. The number of para-hydroxylation sites is 3. The number of methoxy groups -OCH3 is 1. The maximum atomic E-state index is 12.6. The highest BCUT2D eigenvalue weighted by Gasteiger charge is 2.13. The van der Waals surface area contributed by atoms with Gasteiger partial charge in [0.15, 0.2) is 0 Å². The smallest absolute Gasteiger partial charge is 0.255 e. The summed E-state index contributed by atoms with van der Waals surface area (Å²) in [5, 5.41) is 3.00. The molecule has 1 N–H and O–H groups in total. The molecule has 1 amide bonds. The van der Waals surface area contributed by atoms with E-state index < -0.39 is 0 Å². The highest BCUT2D eigenvalue weighted by Crippen LogP contribution is 2.20. The number of fused-ring (bicyclic) bond motifs is 1. The van der Waals surface area contributed by atoms with Gasteiger partial charge >= 0.3 is 0 Å². The summed E-state index contributed by atoms with van der Waals surface area (Å²) in [6.07, 6.45) is 1.49. The summed E-state index contributed by atoms with van der Waals surface area (Å²) in [6, 6.07) is 21.6. The monoisotopic (exact) mass is 457 g/mol. The van der Waals surface area contributed by atoms with Gasteiger partial charge in [0.1, 0.15) is 17.3 Å². The van der Waals surface area contributed by atoms with Crippen LogP contribution in [0.1, 0.15) is 33.7 Å². The second kappa shape index (κ2) is 10.9. The molecule has 0 aliphatic carbocycles. The molecule has 0 aliphatic heterocycles. The lowest BCUT2D eigenvalue weighted by Crippen LogP contribution is -2.27. The van der Waals surface area contributed by atoms with Gasteiger partial charge in [0.25, 0.3) is 5.91 Å². The molecule has 1 aromatic heterocycles. The summed E-state index contributed by atoms with van der Waals surface area (Å²) in [5.74, 6) is 2.28. The van der Waals surface area contributed by atoms with Gasteiger partial charge in [-0.25, -0.2) is 4.98 Å². The summed E-state index contributed by atoms with van der Waals surface area (Å²) >= 11 is 0. The number of amides is 1. The van der Waals surface area contributed by atoms with E-state index in [9.17, 15) is 4.79 Å². The van der Waals surface area contributed by atoms with Gasteiger partial charge < -0.3 is 19.4 Å². The molecule has 0 unspecified atom stereocenters. The number of aromatic nitrogens is 2. The Morgan fingerprint density at radius 2 is 1.74 bits per heavy atom. The molecule has 0 bridgehead atoms. The highest BCUT2D eigenvalue weighted by atomic mass is 16.5. The fourth-order valence-corrected chi connectivity index (χ4v) is 4.21. The largest absolute Gasteiger partial charge is 0.496 e. The van der Waals surface area contributed by atoms with Gasteiger partial charge in [-0.1, -0.05) is 30.3 Å². The lowest BCUT2D eigenvalue weighted by Gasteiger charge is -2.12. The maximum absolute atomic E-state index is 12.6. The number of carbonyl (C=O) groups is 1. The number of rotatable bonds is 10. The Kier molecular flexibility index (Phi) is 7.48. The average molecular weight is 458 g/mol. The Bertz CT molecular complexity index is 1260. The standard InChI is InChI=1S/C28H31N3O3/c1-20-17-21(2)19-22(18-20)34-16-8-15-31-25-11-6-5-10-24(25)30-27(31)13-14-29-28(32)23-9-4-7-12-26(23)33-3/h4-7,9-12,17-19H,8,13-16H2,1-3H3,(H,29,32). The first-order valence-electron chi connectivity index (χ1n) is 11.6. The zero-order valence-electron chi connectivity index (χ0n) is 20.0. The van der Waals surface area contributed by atoms with E-state index in [0.29, 0.717) is 30.9 Å². The molecule has 0 saturated carbocycles. The van der Waals surface area contributed by atoms with Crippen molar-refractivity contribution in [3.05, 3.63) is 89.2 Å². The lowest BCUT2D eigenvalue weighted by molar-refractivity contribution is 0.0951. The van der Waals surface area contributed by atoms with E-state index in [-0.39, 0.29) is 5.91 Å². The van der Waals surface area contributed by atoms with Gasteiger partial charge in [-0.2, -0.15) is 0 Å². The number of aryl methyl sites for hydroxylation is 3. The fraction of sp³-hybridized carbons (Fsp3) is 0.286. The summed E-state index contributed by atoms with van der Waals surface area (Å²) in [6.45, 7) is 6.06. The van der Waals surface area contributed by atoms with Crippen molar-refractivity contribution < 1.29 is 14.3 Å². The molecular weight excluding hydrogens is 426 g/mol. The van der Waals surface area contributed by atoms with E-state index in [1.54, 1.807) is 19.2 Å². The molecule has 4 rings (SSSR count). The van der Waals surface area contributed by atoms with Crippen molar-refractivity contribution in [2.45, 2.75) is 33.2 Å². The van der Waals surface area contributed by atoms with Crippen molar-refractivity contribution >= 4 is 16.9 Å². The number of hydrogen-bond donors (Lipinski definition) is 1. The number of ether oxygens (including phenoxy) is 2. The van der Waals surface area contributed by atoms with Crippen molar-refractivity contribution in [2.24, 2.45) is 0 Å². The van der Waals surface area contributed by atoms with Crippen molar-refractivity contribution in [1.82, 2.24) is 14.9 Å². The van der Waals surface area contributed by atoms with Crippen LogP contribution >= 0.6 is 0 Å². The molecule has 0 saturated heterocycles. The molecule has 6 heteroatoms. The predicted molar refractivity (Wildman–Crippen MR) is 135 cm³/mol. The van der Waals surface area contributed by atoms with E-state index in [4.69, 9.17) is 14.5 Å². The van der Waals surface area contributed by atoms with Crippen molar-refractivity contribution in [3.8, 4) is 11.5 Å². The summed E-state index contributed by atoms with van der Waals surface area (Å²) in [5.41, 5.74) is 4.99. The first-order valence-corrected chi connectivity index (χ1v) is 11.6. The quantitative estimate of drug-likeness (QED) is 0.336. The van der Waals surface area contributed by atoms with Crippen LogP contribution in [0, 0.1) is 13.8 Å². The van der Waals surface area contributed by atoms with E-state index >= 15 is 0 Å². The summed E-state index contributed by atoms with van der Waals surface area (Å²) in [7, 11) is 1.57. The van der Waals surface area contributed by atoms with Crippen LogP contribution in [0.5, 0.6) is 11.5 Å². The molecule has 4 aromatic rings. The van der Waals surface area contributed by atoms with Crippen LogP contribution in [-0.4, -0.2) is 35.7 Å². The van der Waals surface area contributed by atoms with Crippen LogP contribution in [0.4, 0.5) is 0 Å². The maximum Gasteiger partial charge on any atom is 0.255 e. The topological polar surface area (TPSA) is 65.4 Å². The minimum absolute atomic E-state index is 0.151. The van der Waals surface area contributed by atoms with Crippen molar-refractivity contribution in [2.75, 3.05) is 20.3 Å². The Balaban J connectivity index is 1.39. The number of nitrogens with one attached hydrogen (secondary N) is 1. The zero-order chi connectivity index (χ0) is 23.9. The van der Waals surface area contributed by atoms with Gasteiger partial charge in [0.05, 0.1) is 30.3 Å². The van der Waals surface area contributed by atoms with Gasteiger partial charge in [-0.05, 0) is 67.8 Å². The van der Waals surface area contributed by atoms with E-state index in [2.05, 4.69) is 48.0 Å². The van der Waals surface area contributed by atoms with Gasteiger partial charge in [0, 0.05) is 19.5 Å². The molecule has 6 nitrogen and oxygen atoms in total. The van der Waals surface area contributed by atoms with E-state index in [0.717, 1.165) is 35.6 Å². The minimum Gasteiger partial charge on any atom is -0.496 e. The molecule has 0 fully saturated rings. The summed E-state index contributed by atoms with van der Waals surface area (Å²) < 4.78 is 13.5. The van der Waals surface area contributed by atoms with Crippen LogP contribution < -0.4 is 14.8 Å². The zero-order valence-corrected chi connectivity index (χ0v) is 20.0. The second-order valence-electron chi connectivity index (χ2n) is 8.40. The third kappa shape index (κ3) is 5.57. The summed E-state index contributed by atoms with van der Waals surface area (Å²) in [4.78, 5) is 17.5. The number of carbonyl (C=O) groups excluding carboxylic acids is 1. The molecule has 0 spiro atoms. The Labute approximate surface area is 200 Å². The predicted octanol–water partition coefficient (Wildman–Crippen LogP) is 5.10. The number of benzene rings is 3. The van der Waals surface area contributed by atoms with E-state index in [1.807, 2.05) is 30.3 Å².